The van der Waals surface area contributed by atoms with Gasteiger partial charge in [0.15, 0.2) is 0 Å². The van der Waals surface area contributed by atoms with Crippen LogP contribution < -0.4 is 9.62 Å². The molecular weight excluding hydrogens is 388 g/mol. The second-order valence-electron chi connectivity index (χ2n) is 7.27. The molecule has 2 aromatic carbocycles. The summed E-state index contributed by atoms with van der Waals surface area (Å²) in [4.78, 5) is 20.6. The van der Waals surface area contributed by atoms with Gasteiger partial charge in [-0.1, -0.05) is 19.4 Å². The molecular formula is C21H24N4O3S. The van der Waals surface area contributed by atoms with Crippen molar-refractivity contribution in [1.29, 1.82) is 0 Å². The van der Waals surface area contributed by atoms with Gasteiger partial charge in [-0.2, -0.15) is 0 Å². The minimum Gasteiger partial charge on any atom is -0.342 e. The number of unbranched alkanes of at least 4 members (excludes halogenated alkanes) is 1. The van der Waals surface area contributed by atoms with Crippen molar-refractivity contribution in [2.24, 2.45) is 0 Å². The third-order valence-corrected chi connectivity index (χ3v) is 6.92. The molecule has 0 bridgehead atoms. The summed E-state index contributed by atoms with van der Waals surface area (Å²) in [6.45, 7) is 2.59. The summed E-state index contributed by atoms with van der Waals surface area (Å²) < 4.78 is 25.7. The van der Waals surface area contributed by atoms with Crippen molar-refractivity contribution in [2.45, 2.75) is 32.6 Å². The summed E-state index contributed by atoms with van der Waals surface area (Å²) in [5.74, 6) is 0.812. The van der Waals surface area contributed by atoms with E-state index in [1.54, 1.807) is 24.3 Å². The first kappa shape index (κ1) is 19.4. The average Bonchev–Trinajstić information content (AvgIpc) is 3.28. The number of imidazole rings is 1. The van der Waals surface area contributed by atoms with Crippen molar-refractivity contribution in [1.82, 2.24) is 9.97 Å². The maximum Gasteiger partial charge on any atom is 0.255 e. The maximum absolute atomic E-state index is 12.7. The van der Waals surface area contributed by atoms with Crippen molar-refractivity contribution < 1.29 is 13.2 Å². The van der Waals surface area contributed by atoms with Crippen molar-refractivity contribution >= 4 is 38.3 Å². The van der Waals surface area contributed by atoms with Gasteiger partial charge in [-0.15, -0.1) is 0 Å². The Morgan fingerprint density at radius 3 is 2.86 bits per heavy atom. The highest BCUT2D eigenvalue weighted by Gasteiger charge is 2.28. The summed E-state index contributed by atoms with van der Waals surface area (Å²) in [6.07, 6.45) is 3.69. The number of carbonyl (C=O) groups is 1. The zero-order valence-electron chi connectivity index (χ0n) is 16.3. The van der Waals surface area contributed by atoms with Crippen molar-refractivity contribution in [3.05, 3.63) is 53.9 Å². The molecule has 1 aliphatic heterocycles. The highest BCUT2D eigenvalue weighted by Crippen LogP contribution is 2.25. The molecule has 1 aromatic heterocycles. The van der Waals surface area contributed by atoms with Gasteiger partial charge in [0.05, 0.1) is 22.5 Å². The lowest BCUT2D eigenvalue weighted by Gasteiger charge is -2.17. The van der Waals surface area contributed by atoms with Gasteiger partial charge < -0.3 is 10.3 Å². The molecule has 0 saturated carbocycles. The molecule has 0 unspecified atom stereocenters. The monoisotopic (exact) mass is 412 g/mol. The quantitative estimate of drug-likeness (QED) is 0.645. The number of H-pyrrole nitrogens is 1. The van der Waals surface area contributed by atoms with Gasteiger partial charge in [0, 0.05) is 24.2 Å². The molecule has 1 fully saturated rings. The highest BCUT2D eigenvalue weighted by molar-refractivity contribution is 7.93. The Hall–Kier alpha value is -2.87. The summed E-state index contributed by atoms with van der Waals surface area (Å²) in [5.41, 5.74) is 3.35. The summed E-state index contributed by atoms with van der Waals surface area (Å²) in [6, 6.07) is 12.3. The Morgan fingerprint density at radius 2 is 2.10 bits per heavy atom. The zero-order valence-corrected chi connectivity index (χ0v) is 17.1. The SMILES string of the molecule is CCCCc1nc2ccc(NC(=O)c3cccc(N4CCCS4(=O)=O)c3)cc2[nH]1. The zero-order chi connectivity index (χ0) is 20.4. The maximum atomic E-state index is 12.7. The van der Waals surface area contributed by atoms with E-state index in [0.29, 0.717) is 29.9 Å². The number of carbonyl (C=O) groups excluding carboxylic acids is 1. The Balaban J connectivity index is 1.52. The number of nitrogens with one attached hydrogen (secondary N) is 2. The van der Waals surface area contributed by atoms with Gasteiger partial charge in [0.1, 0.15) is 5.82 Å². The number of benzene rings is 2. The van der Waals surface area contributed by atoms with Crippen LogP contribution in [0.4, 0.5) is 11.4 Å². The normalized spacial score (nSPS) is 15.7. The molecule has 2 N–H and O–H groups in total. The van der Waals surface area contributed by atoms with Crippen LogP contribution in [0.2, 0.25) is 0 Å². The summed E-state index contributed by atoms with van der Waals surface area (Å²) in [5, 5.41) is 2.89. The van der Waals surface area contributed by atoms with E-state index in [0.717, 1.165) is 36.1 Å². The molecule has 0 spiro atoms. The van der Waals surface area contributed by atoms with Gasteiger partial charge in [0.25, 0.3) is 5.91 Å². The van der Waals surface area contributed by atoms with Crippen molar-refractivity contribution in [2.75, 3.05) is 21.9 Å². The first-order valence-corrected chi connectivity index (χ1v) is 11.5. The number of nitrogens with zero attached hydrogens (tertiary/aromatic N) is 2. The van der Waals surface area contributed by atoms with Gasteiger partial charge in [0.2, 0.25) is 10.0 Å². The Labute approximate surface area is 170 Å². The summed E-state index contributed by atoms with van der Waals surface area (Å²) in [7, 11) is -3.28. The van der Waals surface area contributed by atoms with Gasteiger partial charge in [-0.05, 0) is 49.2 Å². The topological polar surface area (TPSA) is 95.2 Å². The van der Waals surface area contributed by atoms with E-state index in [1.165, 1.54) is 4.31 Å². The Kier molecular flexibility index (Phi) is 5.27. The van der Waals surface area contributed by atoms with E-state index in [2.05, 4.69) is 22.2 Å². The third kappa shape index (κ3) is 4.12. The molecule has 0 radical (unpaired) electrons. The van der Waals surface area contributed by atoms with E-state index < -0.39 is 10.0 Å². The van der Waals surface area contributed by atoms with E-state index >= 15 is 0 Å². The van der Waals surface area contributed by atoms with Crippen LogP contribution in [0.25, 0.3) is 11.0 Å². The van der Waals surface area contributed by atoms with Crippen molar-refractivity contribution in [3.8, 4) is 0 Å². The largest absolute Gasteiger partial charge is 0.342 e. The molecule has 7 nitrogen and oxygen atoms in total. The average molecular weight is 413 g/mol. The second kappa shape index (κ2) is 7.87. The molecule has 0 atom stereocenters. The fourth-order valence-electron chi connectivity index (χ4n) is 3.54. The van der Waals surface area contributed by atoms with Crippen LogP contribution in [-0.4, -0.2) is 36.6 Å². The molecule has 3 aromatic rings. The summed E-state index contributed by atoms with van der Waals surface area (Å²) >= 11 is 0. The molecule has 0 aliphatic carbocycles. The molecule has 152 valence electrons. The minimum atomic E-state index is -3.28. The lowest BCUT2D eigenvalue weighted by atomic mass is 10.1. The number of fused-ring (bicyclic) bond motifs is 1. The molecule has 29 heavy (non-hydrogen) atoms. The predicted molar refractivity (Wildman–Crippen MR) is 115 cm³/mol. The van der Waals surface area contributed by atoms with Gasteiger partial charge in [-0.25, -0.2) is 13.4 Å². The van der Waals surface area contributed by atoms with Crippen LogP contribution in [-0.2, 0) is 16.4 Å². The number of sulfonamides is 1. The van der Waals surface area contributed by atoms with Crippen LogP contribution in [0.3, 0.4) is 0 Å². The number of hydrogen-bond acceptors (Lipinski definition) is 4. The van der Waals surface area contributed by atoms with E-state index in [1.807, 2.05) is 18.2 Å². The third-order valence-electron chi connectivity index (χ3n) is 5.05. The lowest BCUT2D eigenvalue weighted by molar-refractivity contribution is 0.102. The van der Waals surface area contributed by atoms with Crippen LogP contribution in [0.5, 0.6) is 0 Å². The Bertz CT molecular complexity index is 1150. The minimum absolute atomic E-state index is 0.147. The number of anilines is 2. The van der Waals surface area contributed by atoms with Crippen LogP contribution in [0, 0.1) is 0 Å². The first-order chi connectivity index (χ1) is 14.0. The molecule has 1 saturated heterocycles. The predicted octanol–water partition coefficient (Wildman–Crippen LogP) is 3.70. The van der Waals surface area contributed by atoms with Gasteiger partial charge >= 0.3 is 0 Å². The number of rotatable bonds is 6. The highest BCUT2D eigenvalue weighted by atomic mass is 32.2. The molecule has 1 amide bonds. The molecule has 8 heteroatoms. The number of aromatic nitrogens is 2. The van der Waals surface area contributed by atoms with E-state index in [4.69, 9.17) is 0 Å². The van der Waals surface area contributed by atoms with E-state index in [-0.39, 0.29) is 11.7 Å². The number of aromatic amines is 1. The van der Waals surface area contributed by atoms with Crippen molar-refractivity contribution in [3.63, 3.8) is 0 Å². The smallest absolute Gasteiger partial charge is 0.255 e. The van der Waals surface area contributed by atoms with Crippen LogP contribution in [0.1, 0.15) is 42.4 Å². The molecule has 4 rings (SSSR count). The fourth-order valence-corrected chi connectivity index (χ4v) is 5.09. The standard InChI is InChI=1S/C21H24N4O3S/c1-2-3-8-20-23-18-10-9-16(14-19(18)24-20)22-21(26)15-6-4-7-17(13-15)25-11-5-12-29(25,27)28/h4,6-7,9-10,13-14H,2-3,5,8,11-12H2,1H3,(H,22,26)(H,23,24). The fraction of sp³-hybridized carbons (Fsp3) is 0.333. The lowest BCUT2D eigenvalue weighted by Crippen LogP contribution is -2.25. The van der Waals surface area contributed by atoms with Crippen LogP contribution >= 0.6 is 0 Å². The van der Waals surface area contributed by atoms with E-state index in [9.17, 15) is 13.2 Å². The van der Waals surface area contributed by atoms with Gasteiger partial charge in [-0.3, -0.25) is 9.10 Å². The Morgan fingerprint density at radius 1 is 1.24 bits per heavy atom. The number of aryl methyl sites for hydroxylation is 1. The van der Waals surface area contributed by atoms with Crippen LogP contribution in [0.15, 0.2) is 42.5 Å². The molecule has 2 heterocycles. The number of hydrogen-bond donors (Lipinski definition) is 2. The first-order valence-electron chi connectivity index (χ1n) is 9.87. The number of amides is 1. The second-order valence-corrected chi connectivity index (χ2v) is 9.28. The molecule has 1 aliphatic rings.